The Balaban J connectivity index is 1.23. The van der Waals surface area contributed by atoms with Crippen LogP contribution in [-0.2, 0) is 0 Å². The summed E-state index contributed by atoms with van der Waals surface area (Å²) < 4.78 is 6.60. The monoisotopic (exact) mass is 640 g/mol. The predicted molar refractivity (Wildman–Crippen MR) is 203 cm³/mol. The van der Waals surface area contributed by atoms with Crippen molar-refractivity contribution in [3.63, 3.8) is 0 Å². The van der Waals surface area contributed by atoms with Crippen molar-refractivity contribution >= 4 is 49.6 Å². The van der Waals surface area contributed by atoms with E-state index in [-0.39, 0.29) is 0 Å². The van der Waals surface area contributed by atoms with E-state index in [2.05, 4.69) is 108 Å². The smallest absolute Gasteiger partial charge is 0.239 e. The third-order valence-electron chi connectivity index (χ3n) is 9.52. The van der Waals surface area contributed by atoms with Crippen LogP contribution in [0.15, 0.2) is 170 Å². The van der Waals surface area contributed by atoms with Gasteiger partial charge in [0.15, 0.2) is 23.1 Å². The molecular formula is C45H28N4O. The Morgan fingerprint density at radius 1 is 0.380 bits per heavy atom. The molecule has 50 heavy (non-hydrogen) atoms. The Bertz CT molecular complexity index is 2750. The minimum Gasteiger partial charge on any atom is -0.452 e. The summed E-state index contributed by atoms with van der Waals surface area (Å²) in [5.41, 5.74) is 5.94. The molecule has 234 valence electrons. The van der Waals surface area contributed by atoms with Crippen molar-refractivity contribution in [3.05, 3.63) is 170 Å². The number of hydrogen-bond acceptors (Lipinski definition) is 5. The number of fused-ring (bicyclic) bond motifs is 6. The van der Waals surface area contributed by atoms with Crippen molar-refractivity contribution in [3.8, 4) is 45.4 Å². The molecule has 0 aliphatic carbocycles. The number of aromatic nitrogens is 3. The Labute approximate surface area is 288 Å². The zero-order valence-corrected chi connectivity index (χ0v) is 26.9. The maximum atomic E-state index is 6.60. The van der Waals surface area contributed by atoms with Crippen molar-refractivity contribution in [1.29, 1.82) is 0 Å². The Kier molecular flexibility index (Phi) is 6.42. The average molecular weight is 641 g/mol. The third kappa shape index (κ3) is 4.52. The summed E-state index contributed by atoms with van der Waals surface area (Å²) in [6.45, 7) is 0. The van der Waals surface area contributed by atoms with Crippen LogP contribution in [0.3, 0.4) is 0 Å². The van der Waals surface area contributed by atoms with Gasteiger partial charge in [0.25, 0.3) is 0 Å². The fourth-order valence-electron chi connectivity index (χ4n) is 7.20. The topological polar surface area (TPSA) is 51.1 Å². The molecule has 10 rings (SSSR count). The third-order valence-corrected chi connectivity index (χ3v) is 9.52. The van der Waals surface area contributed by atoms with E-state index in [4.69, 9.17) is 19.7 Å². The summed E-state index contributed by atoms with van der Waals surface area (Å²) in [6.07, 6.45) is 0. The molecular weight excluding hydrogens is 613 g/mol. The molecule has 0 saturated heterocycles. The van der Waals surface area contributed by atoms with Gasteiger partial charge in [0.05, 0.1) is 11.4 Å². The molecule has 1 aliphatic rings. The highest BCUT2D eigenvalue weighted by Crippen LogP contribution is 2.52. The predicted octanol–water partition coefficient (Wildman–Crippen LogP) is 11.9. The standard InChI is InChI=1S/C45H28N4O/c1-2-15-31(16-3-1)43-46-44(38-24-12-22-36-35(21-11-23-37(36)38)34-20-10-17-29-13-4-6-18-32(29)34)48-45(47-43)49-39-25-8-9-26-41(39)50-42-33-19-7-5-14-30(33)27-28-40(42)49/h1-28H. The number of nitrogens with zero attached hydrogens (tertiary/aromatic N) is 4. The minimum absolute atomic E-state index is 0.517. The highest BCUT2D eigenvalue weighted by Gasteiger charge is 2.30. The van der Waals surface area contributed by atoms with E-state index in [1.165, 1.54) is 21.9 Å². The molecule has 0 atom stereocenters. The van der Waals surface area contributed by atoms with Gasteiger partial charge in [0.1, 0.15) is 0 Å². The normalized spacial score (nSPS) is 12.1. The molecule has 9 aromatic rings. The second-order valence-electron chi connectivity index (χ2n) is 12.4. The van der Waals surface area contributed by atoms with Gasteiger partial charge in [0, 0.05) is 16.5 Å². The van der Waals surface area contributed by atoms with Gasteiger partial charge < -0.3 is 4.74 Å². The molecule has 8 aromatic carbocycles. The van der Waals surface area contributed by atoms with Gasteiger partial charge in [-0.15, -0.1) is 0 Å². The molecule has 0 spiro atoms. The number of para-hydroxylation sites is 2. The highest BCUT2D eigenvalue weighted by molar-refractivity contribution is 6.09. The van der Waals surface area contributed by atoms with Crippen LogP contribution in [0.1, 0.15) is 0 Å². The minimum atomic E-state index is 0.517. The van der Waals surface area contributed by atoms with Gasteiger partial charge >= 0.3 is 0 Å². The second-order valence-corrected chi connectivity index (χ2v) is 12.4. The van der Waals surface area contributed by atoms with Crippen molar-refractivity contribution in [2.24, 2.45) is 0 Å². The molecule has 0 unspecified atom stereocenters. The number of hydrogen-bond donors (Lipinski definition) is 0. The molecule has 1 aromatic heterocycles. The van der Waals surface area contributed by atoms with Gasteiger partial charge in [-0.05, 0) is 56.3 Å². The molecule has 0 saturated carbocycles. The van der Waals surface area contributed by atoms with Crippen LogP contribution in [0.5, 0.6) is 11.5 Å². The van der Waals surface area contributed by atoms with E-state index in [9.17, 15) is 0 Å². The van der Waals surface area contributed by atoms with E-state index in [1.807, 2.05) is 66.7 Å². The van der Waals surface area contributed by atoms with Gasteiger partial charge in [-0.2, -0.15) is 9.97 Å². The zero-order valence-electron chi connectivity index (χ0n) is 26.9. The van der Waals surface area contributed by atoms with Gasteiger partial charge in [-0.1, -0.05) is 152 Å². The summed E-state index contributed by atoms with van der Waals surface area (Å²) in [5.74, 6) is 3.22. The molecule has 0 bridgehead atoms. The van der Waals surface area contributed by atoms with E-state index in [0.717, 1.165) is 55.5 Å². The van der Waals surface area contributed by atoms with Crippen molar-refractivity contribution in [2.45, 2.75) is 0 Å². The Hall–Kier alpha value is -6.85. The number of ether oxygens (including phenoxy) is 1. The van der Waals surface area contributed by atoms with Crippen LogP contribution < -0.4 is 9.64 Å². The molecule has 1 aliphatic heterocycles. The average Bonchev–Trinajstić information content (AvgIpc) is 3.19. The summed E-state index contributed by atoms with van der Waals surface area (Å²) in [4.78, 5) is 17.7. The maximum absolute atomic E-state index is 6.60. The maximum Gasteiger partial charge on any atom is 0.239 e. The lowest BCUT2D eigenvalue weighted by atomic mass is 9.92. The molecule has 0 amide bonds. The van der Waals surface area contributed by atoms with Crippen molar-refractivity contribution in [1.82, 2.24) is 15.0 Å². The zero-order chi connectivity index (χ0) is 33.0. The van der Waals surface area contributed by atoms with Crippen LogP contribution in [-0.4, -0.2) is 15.0 Å². The van der Waals surface area contributed by atoms with E-state index in [1.54, 1.807) is 0 Å². The first kappa shape index (κ1) is 28.2. The summed E-state index contributed by atoms with van der Waals surface area (Å²) >= 11 is 0. The summed E-state index contributed by atoms with van der Waals surface area (Å²) in [6, 6.07) is 58.6. The lowest BCUT2D eigenvalue weighted by molar-refractivity contribution is 0.482. The first-order valence-corrected chi connectivity index (χ1v) is 16.7. The van der Waals surface area contributed by atoms with Crippen LogP contribution in [0.4, 0.5) is 17.3 Å². The van der Waals surface area contributed by atoms with E-state index in [0.29, 0.717) is 17.6 Å². The quantitative estimate of drug-likeness (QED) is 0.192. The van der Waals surface area contributed by atoms with Crippen molar-refractivity contribution in [2.75, 3.05) is 4.90 Å². The van der Waals surface area contributed by atoms with Crippen LogP contribution >= 0.6 is 0 Å². The first-order valence-electron chi connectivity index (χ1n) is 16.7. The first-order chi connectivity index (χ1) is 24.8. The van der Waals surface area contributed by atoms with Crippen LogP contribution in [0, 0.1) is 0 Å². The molecule has 2 heterocycles. The Morgan fingerprint density at radius 2 is 0.960 bits per heavy atom. The lowest BCUT2D eigenvalue weighted by Crippen LogP contribution is -2.19. The fraction of sp³-hybridized carbons (Fsp3) is 0. The van der Waals surface area contributed by atoms with E-state index < -0.39 is 0 Å². The number of anilines is 3. The van der Waals surface area contributed by atoms with E-state index >= 15 is 0 Å². The van der Waals surface area contributed by atoms with Crippen LogP contribution in [0.2, 0.25) is 0 Å². The van der Waals surface area contributed by atoms with Crippen molar-refractivity contribution < 1.29 is 4.74 Å². The van der Waals surface area contributed by atoms with Gasteiger partial charge in [0.2, 0.25) is 5.95 Å². The van der Waals surface area contributed by atoms with Crippen LogP contribution in [0.25, 0.3) is 66.2 Å². The molecule has 0 fully saturated rings. The second kappa shape index (κ2) is 11.4. The van der Waals surface area contributed by atoms with Gasteiger partial charge in [-0.3, -0.25) is 4.90 Å². The lowest BCUT2D eigenvalue weighted by Gasteiger charge is -2.32. The fourth-order valence-corrected chi connectivity index (χ4v) is 7.20. The molecule has 0 radical (unpaired) electrons. The van der Waals surface area contributed by atoms with Gasteiger partial charge in [-0.25, -0.2) is 4.98 Å². The summed E-state index contributed by atoms with van der Waals surface area (Å²) in [5, 5.41) is 6.77. The molecule has 5 heteroatoms. The summed E-state index contributed by atoms with van der Waals surface area (Å²) in [7, 11) is 0. The molecule has 5 nitrogen and oxygen atoms in total. The number of benzene rings is 8. The highest BCUT2D eigenvalue weighted by atomic mass is 16.5. The SMILES string of the molecule is c1ccc(-c2nc(-c3cccc4c(-c5cccc6ccccc56)cccc34)nc(N3c4ccccc4Oc4c3ccc3ccccc43)n2)cc1. The molecule has 0 N–H and O–H groups in total. The Morgan fingerprint density at radius 3 is 1.80 bits per heavy atom. The number of rotatable bonds is 4. The largest absolute Gasteiger partial charge is 0.452 e.